The molecule has 1 rings (SSSR count). The maximum absolute atomic E-state index is 9.05. The van der Waals surface area contributed by atoms with Gasteiger partial charge in [-0.3, -0.25) is 0 Å². The topological polar surface area (TPSA) is 72.3 Å². The van der Waals surface area contributed by atoms with E-state index in [1.165, 1.54) is 0 Å². The van der Waals surface area contributed by atoms with Crippen molar-refractivity contribution in [3.63, 3.8) is 0 Å². The van der Waals surface area contributed by atoms with Crippen LogP contribution in [0.3, 0.4) is 0 Å². The second-order valence-electron chi connectivity index (χ2n) is 2.42. The van der Waals surface area contributed by atoms with Gasteiger partial charge in [0.25, 0.3) is 0 Å². The molecule has 1 aliphatic rings. The zero-order valence-electron chi connectivity index (χ0n) is 5.25. The first-order valence-electron chi connectivity index (χ1n) is 3.11. The van der Waals surface area contributed by atoms with Crippen LogP contribution in [0.5, 0.6) is 0 Å². The second kappa shape index (κ2) is 2.37. The first-order chi connectivity index (χ1) is 4.20. The van der Waals surface area contributed by atoms with Gasteiger partial charge in [0.1, 0.15) is 0 Å². The molecule has 0 bridgehead atoms. The Morgan fingerprint density at radius 3 is 2.67 bits per heavy atom. The summed E-state index contributed by atoms with van der Waals surface area (Å²) in [6.45, 7) is 0. The standard InChI is InChI=1S/C6H12N2O/c7-4-1-2-6(9)5(8)3-4/h3-4,6,9H,1-2,7-8H2. The molecule has 0 amide bonds. The van der Waals surface area contributed by atoms with Crippen molar-refractivity contribution in [1.82, 2.24) is 0 Å². The van der Waals surface area contributed by atoms with Crippen LogP contribution >= 0.6 is 0 Å². The van der Waals surface area contributed by atoms with E-state index in [2.05, 4.69) is 0 Å². The lowest BCUT2D eigenvalue weighted by atomic mass is 9.99. The lowest BCUT2D eigenvalue weighted by Crippen LogP contribution is -2.30. The Morgan fingerprint density at radius 1 is 1.56 bits per heavy atom. The minimum atomic E-state index is -0.454. The van der Waals surface area contributed by atoms with E-state index in [9.17, 15) is 0 Å². The lowest BCUT2D eigenvalue weighted by molar-refractivity contribution is 0.186. The highest BCUT2D eigenvalue weighted by Gasteiger charge is 2.15. The van der Waals surface area contributed by atoms with Gasteiger partial charge in [0.05, 0.1) is 6.10 Å². The Labute approximate surface area is 54.3 Å². The molecule has 0 aromatic carbocycles. The summed E-state index contributed by atoms with van der Waals surface area (Å²) in [6, 6.07) is 0.0494. The molecule has 3 nitrogen and oxygen atoms in total. The number of hydrogen-bond donors (Lipinski definition) is 3. The van der Waals surface area contributed by atoms with Crippen LogP contribution in [0.25, 0.3) is 0 Å². The van der Waals surface area contributed by atoms with Gasteiger partial charge < -0.3 is 16.6 Å². The Hall–Kier alpha value is -0.540. The SMILES string of the molecule is NC1=CC(N)CCC1O. The molecule has 1 aliphatic carbocycles. The van der Waals surface area contributed by atoms with Gasteiger partial charge in [0.2, 0.25) is 0 Å². The van der Waals surface area contributed by atoms with Crippen molar-refractivity contribution < 1.29 is 5.11 Å². The quantitative estimate of drug-likeness (QED) is 0.404. The van der Waals surface area contributed by atoms with Crippen molar-refractivity contribution in [2.45, 2.75) is 25.0 Å². The van der Waals surface area contributed by atoms with Crippen LogP contribution in [0.15, 0.2) is 11.8 Å². The largest absolute Gasteiger partial charge is 0.400 e. The molecule has 0 saturated heterocycles. The van der Waals surface area contributed by atoms with E-state index in [0.29, 0.717) is 12.1 Å². The number of rotatable bonds is 0. The fourth-order valence-corrected chi connectivity index (χ4v) is 0.959. The molecule has 0 aliphatic heterocycles. The van der Waals surface area contributed by atoms with Crippen LogP contribution in [0.2, 0.25) is 0 Å². The average molecular weight is 128 g/mol. The molecular formula is C6H12N2O. The van der Waals surface area contributed by atoms with Gasteiger partial charge >= 0.3 is 0 Å². The lowest BCUT2D eigenvalue weighted by Gasteiger charge is -2.19. The molecule has 2 atom stereocenters. The molecule has 0 aromatic heterocycles. The molecule has 0 saturated carbocycles. The van der Waals surface area contributed by atoms with Gasteiger partial charge in [-0.2, -0.15) is 0 Å². The summed E-state index contributed by atoms with van der Waals surface area (Å²) in [5.74, 6) is 0. The molecule has 0 aromatic rings. The highest BCUT2D eigenvalue weighted by atomic mass is 16.3. The Morgan fingerprint density at radius 2 is 2.22 bits per heavy atom. The van der Waals surface area contributed by atoms with Crippen molar-refractivity contribution in [3.8, 4) is 0 Å². The van der Waals surface area contributed by atoms with Crippen LogP contribution in [0.1, 0.15) is 12.8 Å². The normalized spacial score (nSPS) is 36.0. The van der Waals surface area contributed by atoms with E-state index >= 15 is 0 Å². The molecule has 52 valence electrons. The number of aliphatic hydroxyl groups is 1. The fraction of sp³-hybridized carbons (Fsp3) is 0.667. The second-order valence-corrected chi connectivity index (χ2v) is 2.42. The first-order valence-corrected chi connectivity index (χ1v) is 3.11. The summed E-state index contributed by atoms with van der Waals surface area (Å²) in [7, 11) is 0. The maximum atomic E-state index is 9.05. The molecule has 0 heterocycles. The van der Waals surface area contributed by atoms with Gasteiger partial charge in [-0.05, 0) is 18.9 Å². The van der Waals surface area contributed by atoms with Gasteiger partial charge in [-0.25, -0.2) is 0 Å². The number of nitrogens with two attached hydrogens (primary N) is 2. The molecule has 5 N–H and O–H groups in total. The van der Waals surface area contributed by atoms with Crippen molar-refractivity contribution in [3.05, 3.63) is 11.8 Å². The Balaban J connectivity index is 2.61. The highest BCUT2D eigenvalue weighted by Crippen LogP contribution is 2.12. The predicted octanol–water partition coefficient (Wildman–Crippen LogP) is -0.689. The minimum Gasteiger partial charge on any atom is -0.400 e. The van der Waals surface area contributed by atoms with E-state index in [1.54, 1.807) is 6.08 Å². The van der Waals surface area contributed by atoms with Crippen LogP contribution in [-0.4, -0.2) is 17.3 Å². The van der Waals surface area contributed by atoms with E-state index in [-0.39, 0.29) is 6.04 Å². The van der Waals surface area contributed by atoms with Crippen molar-refractivity contribution >= 4 is 0 Å². The Bertz CT molecular complexity index is 133. The van der Waals surface area contributed by atoms with Crippen molar-refractivity contribution in [2.24, 2.45) is 11.5 Å². The molecule has 2 unspecified atom stereocenters. The Kier molecular flexibility index (Phi) is 1.73. The summed E-state index contributed by atoms with van der Waals surface area (Å²) in [4.78, 5) is 0. The third kappa shape index (κ3) is 1.43. The van der Waals surface area contributed by atoms with Gasteiger partial charge in [0.15, 0.2) is 0 Å². The summed E-state index contributed by atoms with van der Waals surface area (Å²) >= 11 is 0. The third-order valence-electron chi connectivity index (χ3n) is 1.56. The fourth-order valence-electron chi connectivity index (χ4n) is 0.959. The van der Waals surface area contributed by atoms with Crippen molar-refractivity contribution in [1.29, 1.82) is 0 Å². The predicted molar refractivity (Wildman–Crippen MR) is 35.5 cm³/mol. The molecule has 9 heavy (non-hydrogen) atoms. The van der Waals surface area contributed by atoms with Crippen LogP contribution in [0.4, 0.5) is 0 Å². The number of hydrogen-bond acceptors (Lipinski definition) is 3. The van der Waals surface area contributed by atoms with Gasteiger partial charge in [-0.15, -0.1) is 0 Å². The molecule has 0 fully saturated rings. The van der Waals surface area contributed by atoms with E-state index in [1.807, 2.05) is 0 Å². The monoisotopic (exact) mass is 128 g/mol. The summed E-state index contributed by atoms with van der Waals surface area (Å²) in [6.07, 6.45) is 2.80. The van der Waals surface area contributed by atoms with Gasteiger partial charge in [-0.1, -0.05) is 0 Å². The summed E-state index contributed by atoms with van der Waals surface area (Å²) in [5, 5.41) is 9.05. The van der Waals surface area contributed by atoms with Crippen molar-refractivity contribution in [2.75, 3.05) is 0 Å². The maximum Gasteiger partial charge on any atom is 0.0930 e. The van der Waals surface area contributed by atoms with E-state index in [0.717, 1.165) is 6.42 Å². The molecule has 0 radical (unpaired) electrons. The van der Waals surface area contributed by atoms with Crippen LogP contribution in [0, 0.1) is 0 Å². The average Bonchev–Trinajstić information content (AvgIpc) is 1.80. The zero-order chi connectivity index (χ0) is 6.85. The van der Waals surface area contributed by atoms with Crippen LogP contribution < -0.4 is 11.5 Å². The smallest absolute Gasteiger partial charge is 0.0930 e. The number of aliphatic hydroxyl groups excluding tert-OH is 1. The molecule has 0 spiro atoms. The molecule has 3 heteroatoms. The third-order valence-corrected chi connectivity index (χ3v) is 1.56. The molecular weight excluding hydrogens is 116 g/mol. The van der Waals surface area contributed by atoms with E-state index in [4.69, 9.17) is 16.6 Å². The minimum absolute atomic E-state index is 0.0494. The first kappa shape index (κ1) is 6.58. The zero-order valence-corrected chi connectivity index (χ0v) is 5.25. The summed E-state index contributed by atoms with van der Waals surface area (Å²) < 4.78 is 0. The highest BCUT2D eigenvalue weighted by molar-refractivity contribution is 5.11. The summed E-state index contributed by atoms with van der Waals surface area (Å²) in [5.41, 5.74) is 11.4. The van der Waals surface area contributed by atoms with E-state index < -0.39 is 6.10 Å². The van der Waals surface area contributed by atoms with Crippen LogP contribution in [-0.2, 0) is 0 Å². The van der Waals surface area contributed by atoms with Gasteiger partial charge in [0, 0.05) is 11.7 Å².